The van der Waals surface area contributed by atoms with Gasteiger partial charge in [0, 0.05) is 22.7 Å². The van der Waals surface area contributed by atoms with E-state index in [9.17, 15) is 4.79 Å². The minimum Gasteiger partial charge on any atom is -0.351 e. The predicted octanol–water partition coefficient (Wildman–Crippen LogP) is 4.42. The highest BCUT2D eigenvalue weighted by Gasteiger charge is 2.16. The summed E-state index contributed by atoms with van der Waals surface area (Å²) in [7, 11) is 0. The van der Waals surface area contributed by atoms with Crippen LogP contribution in [0.5, 0.6) is 0 Å². The van der Waals surface area contributed by atoms with Crippen molar-refractivity contribution in [2.45, 2.75) is 6.92 Å². The number of rotatable bonds is 5. The Bertz CT molecular complexity index is 1410. The Morgan fingerprint density at radius 2 is 2.13 bits per heavy atom. The Morgan fingerprint density at radius 3 is 2.97 bits per heavy atom. The number of hydrogen-bond acceptors (Lipinski definition) is 9. The lowest BCUT2D eigenvalue weighted by Crippen LogP contribution is -2.13. The van der Waals surface area contributed by atoms with Crippen LogP contribution >= 0.6 is 22.9 Å². The van der Waals surface area contributed by atoms with E-state index < -0.39 is 5.91 Å². The van der Waals surface area contributed by atoms with Gasteiger partial charge in [-0.2, -0.15) is 5.10 Å². The fourth-order valence-corrected chi connectivity index (χ4v) is 3.91. The Hall–Kier alpha value is -3.83. The first-order valence-corrected chi connectivity index (χ1v) is 10.2. The third kappa shape index (κ3) is 3.71. The van der Waals surface area contributed by atoms with Gasteiger partial charge in [-0.3, -0.25) is 9.89 Å². The fraction of sp³-hybridized carbons (Fsp3) is 0.0526. The van der Waals surface area contributed by atoms with Crippen molar-refractivity contribution in [2.75, 3.05) is 10.6 Å². The van der Waals surface area contributed by atoms with Gasteiger partial charge in [-0.05, 0) is 31.2 Å². The number of benzene rings is 1. The number of amides is 1. The van der Waals surface area contributed by atoms with Gasteiger partial charge in [0.15, 0.2) is 0 Å². The molecule has 0 aliphatic carbocycles. The summed E-state index contributed by atoms with van der Waals surface area (Å²) >= 11 is 7.79. The molecule has 1 amide bonds. The smallest absolute Gasteiger partial charge is 0.295 e. The van der Waals surface area contributed by atoms with Crippen LogP contribution in [0.1, 0.15) is 16.1 Å². The van der Waals surface area contributed by atoms with E-state index in [1.165, 1.54) is 17.5 Å². The molecule has 0 radical (unpaired) electrons. The summed E-state index contributed by atoms with van der Waals surface area (Å²) in [6, 6.07) is 7.21. The summed E-state index contributed by atoms with van der Waals surface area (Å²) in [5.74, 6) is 0.0705. The monoisotopic (exact) mass is 452 g/mol. The molecule has 12 heteroatoms. The van der Waals surface area contributed by atoms with Gasteiger partial charge in [0.05, 0.1) is 28.6 Å². The van der Waals surface area contributed by atoms with E-state index in [2.05, 4.69) is 41.2 Å². The molecule has 0 aliphatic rings. The summed E-state index contributed by atoms with van der Waals surface area (Å²) in [6.45, 7) is 1.74. The Labute approximate surface area is 183 Å². The van der Waals surface area contributed by atoms with Gasteiger partial charge in [-0.25, -0.2) is 4.98 Å². The van der Waals surface area contributed by atoms with E-state index in [0.717, 1.165) is 16.5 Å². The number of carbonyl (C=O) groups is 1. The lowest BCUT2D eigenvalue weighted by Gasteiger charge is -2.05. The first-order chi connectivity index (χ1) is 15.1. The highest BCUT2D eigenvalue weighted by atomic mass is 35.5. The van der Waals surface area contributed by atoms with Crippen LogP contribution in [0.25, 0.3) is 21.5 Å². The van der Waals surface area contributed by atoms with Gasteiger partial charge >= 0.3 is 0 Å². The molecule has 0 spiro atoms. The highest BCUT2D eigenvalue weighted by Crippen LogP contribution is 2.34. The maximum atomic E-state index is 12.3. The second-order valence-electron chi connectivity index (χ2n) is 6.52. The zero-order valence-electron chi connectivity index (χ0n) is 15.9. The lowest BCUT2D eigenvalue weighted by molar-refractivity contribution is 0.0986. The standard InChI is InChI=1S/C19H13ClN8O2S/c1-9-7-23-30-16(9)17(29)25-14-6-10(4-5-21-14)18-27-28-19(31-18)24-13-3-2-12-11(15(13)20)8-22-26-12/h2-8H,1H3,(H,22,26)(H,24,28)(H,21,25,29). The van der Waals surface area contributed by atoms with Crippen molar-refractivity contribution in [1.29, 1.82) is 0 Å². The minimum atomic E-state index is -0.427. The molecule has 10 nitrogen and oxygen atoms in total. The normalized spacial score (nSPS) is 11.0. The molecule has 5 rings (SSSR count). The fourth-order valence-electron chi connectivity index (χ4n) is 2.90. The quantitative estimate of drug-likeness (QED) is 0.356. The third-order valence-corrected chi connectivity index (χ3v) is 5.72. The van der Waals surface area contributed by atoms with E-state index >= 15 is 0 Å². The molecule has 154 valence electrons. The number of nitrogens with zero attached hydrogens (tertiary/aromatic N) is 5. The van der Waals surface area contributed by atoms with E-state index in [1.807, 2.05) is 12.1 Å². The highest BCUT2D eigenvalue weighted by molar-refractivity contribution is 7.18. The molecule has 0 atom stereocenters. The van der Waals surface area contributed by atoms with Crippen molar-refractivity contribution in [3.8, 4) is 10.6 Å². The molecule has 31 heavy (non-hydrogen) atoms. The Kier molecular flexibility index (Phi) is 4.81. The van der Waals surface area contributed by atoms with Gasteiger partial charge in [0.2, 0.25) is 10.9 Å². The van der Waals surface area contributed by atoms with Crippen LogP contribution in [-0.2, 0) is 0 Å². The number of carbonyl (C=O) groups excluding carboxylic acids is 1. The summed E-state index contributed by atoms with van der Waals surface area (Å²) in [6.07, 6.45) is 4.73. The molecular formula is C19H13ClN8O2S. The van der Waals surface area contributed by atoms with Gasteiger partial charge < -0.3 is 15.2 Å². The SMILES string of the molecule is Cc1cnoc1C(=O)Nc1cc(-c2nnc(Nc3ccc4[nH]ncc4c3Cl)s2)ccn1. The summed E-state index contributed by atoms with van der Waals surface area (Å²) in [4.78, 5) is 16.5. The topological polar surface area (TPSA) is 135 Å². The maximum Gasteiger partial charge on any atom is 0.295 e. The largest absolute Gasteiger partial charge is 0.351 e. The van der Waals surface area contributed by atoms with Crippen molar-refractivity contribution in [2.24, 2.45) is 0 Å². The van der Waals surface area contributed by atoms with E-state index in [4.69, 9.17) is 16.1 Å². The number of pyridine rings is 1. The predicted molar refractivity (Wildman–Crippen MR) is 117 cm³/mol. The number of anilines is 3. The molecule has 3 N–H and O–H groups in total. The number of H-pyrrole nitrogens is 1. The number of nitrogens with one attached hydrogen (secondary N) is 3. The third-order valence-electron chi connectivity index (χ3n) is 4.43. The van der Waals surface area contributed by atoms with Gasteiger partial charge in [0.25, 0.3) is 5.91 Å². The molecular weight excluding hydrogens is 440 g/mol. The number of aromatic nitrogens is 6. The maximum absolute atomic E-state index is 12.3. The molecule has 0 aliphatic heterocycles. The van der Waals surface area contributed by atoms with Gasteiger partial charge in [-0.15, -0.1) is 10.2 Å². The second kappa shape index (κ2) is 7.78. The number of aromatic amines is 1. The first-order valence-electron chi connectivity index (χ1n) is 8.99. The van der Waals surface area contributed by atoms with Crippen LogP contribution in [0.2, 0.25) is 5.02 Å². The van der Waals surface area contributed by atoms with Crippen LogP contribution in [0, 0.1) is 6.92 Å². The minimum absolute atomic E-state index is 0.140. The second-order valence-corrected chi connectivity index (χ2v) is 7.87. The zero-order valence-corrected chi connectivity index (χ0v) is 17.5. The van der Waals surface area contributed by atoms with Crippen LogP contribution in [0.15, 0.2) is 47.4 Å². The summed E-state index contributed by atoms with van der Waals surface area (Å²) < 4.78 is 4.97. The van der Waals surface area contributed by atoms with Crippen LogP contribution in [0.3, 0.4) is 0 Å². The van der Waals surface area contributed by atoms with Crippen molar-refractivity contribution in [1.82, 2.24) is 30.5 Å². The van der Waals surface area contributed by atoms with Gasteiger partial charge in [0.1, 0.15) is 10.8 Å². The molecule has 0 fully saturated rings. The summed E-state index contributed by atoms with van der Waals surface area (Å²) in [5.41, 5.74) is 2.94. The van der Waals surface area contributed by atoms with Crippen LogP contribution < -0.4 is 10.6 Å². The van der Waals surface area contributed by atoms with E-state index in [0.29, 0.717) is 32.2 Å². The van der Waals surface area contributed by atoms with Crippen LogP contribution in [-0.4, -0.2) is 36.4 Å². The average molecular weight is 453 g/mol. The zero-order chi connectivity index (χ0) is 21.4. The van der Waals surface area contributed by atoms with Crippen molar-refractivity contribution in [3.63, 3.8) is 0 Å². The average Bonchev–Trinajstić information content (AvgIpc) is 3.51. The Balaban J connectivity index is 1.36. The van der Waals surface area contributed by atoms with Crippen molar-refractivity contribution < 1.29 is 9.32 Å². The molecule has 4 heterocycles. The molecule has 1 aromatic carbocycles. The molecule has 0 bridgehead atoms. The molecule has 0 unspecified atom stereocenters. The number of fused-ring (bicyclic) bond motifs is 1. The number of aryl methyl sites for hydroxylation is 1. The number of hydrogen-bond donors (Lipinski definition) is 3. The summed E-state index contributed by atoms with van der Waals surface area (Å²) in [5, 5.41) is 27.3. The van der Waals surface area contributed by atoms with Crippen LogP contribution in [0.4, 0.5) is 16.6 Å². The van der Waals surface area contributed by atoms with E-state index in [1.54, 1.807) is 31.5 Å². The number of halogens is 1. The Morgan fingerprint density at radius 1 is 1.23 bits per heavy atom. The van der Waals surface area contributed by atoms with Crippen molar-refractivity contribution >= 4 is 56.4 Å². The van der Waals surface area contributed by atoms with Gasteiger partial charge in [-0.1, -0.05) is 28.1 Å². The van der Waals surface area contributed by atoms with E-state index in [-0.39, 0.29) is 5.76 Å². The molecule has 4 aromatic heterocycles. The molecule has 0 saturated carbocycles. The molecule has 0 saturated heterocycles. The lowest BCUT2D eigenvalue weighted by atomic mass is 10.2. The molecule has 5 aromatic rings. The first kappa shape index (κ1) is 19.2. The van der Waals surface area contributed by atoms with Crippen molar-refractivity contribution in [3.05, 3.63) is 59.2 Å².